The predicted octanol–water partition coefficient (Wildman–Crippen LogP) is 3.08. The van der Waals surface area contributed by atoms with Gasteiger partial charge in [-0.1, -0.05) is 35.0 Å². The summed E-state index contributed by atoms with van der Waals surface area (Å²) in [6.45, 7) is 1.30. The minimum Gasteiger partial charge on any atom is -0.365 e. The second-order valence-corrected chi connectivity index (χ2v) is 8.54. The van der Waals surface area contributed by atoms with Crippen LogP contribution in [0.15, 0.2) is 42.5 Å². The summed E-state index contributed by atoms with van der Waals surface area (Å²) < 4.78 is 35.6. The molecule has 0 N–H and O–H groups in total. The van der Waals surface area contributed by atoms with E-state index in [0.29, 0.717) is 17.3 Å². The monoisotopic (exact) mass is 487 g/mol. The number of fused-ring (bicyclic) bond motifs is 1. The first-order valence-electron chi connectivity index (χ1n) is 10.7. The first kappa shape index (κ1) is 22.4. The van der Waals surface area contributed by atoms with Gasteiger partial charge in [-0.25, -0.2) is 13.5 Å². The number of carbonyl (C=O) groups is 2. The van der Waals surface area contributed by atoms with Gasteiger partial charge >= 0.3 is 0 Å². The van der Waals surface area contributed by atoms with Crippen molar-refractivity contribution in [3.63, 3.8) is 0 Å². The van der Waals surface area contributed by atoms with Crippen LogP contribution in [0.5, 0.6) is 0 Å². The van der Waals surface area contributed by atoms with Gasteiger partial charge in [0.1, 0.15) is 23.3 Å². The third kappa shape index (κ3) is 4.14. The zero-order valence-electron chi connectivity index (χ0n) is 18.0. The molecule has 1 aromatic heterocycles. The maximum absolute atomic E-state index is 14.0. The van der Waals surface area contributed by atoms with E-state index in [1.54, 1.807) is 21.7 Å². The highest BCUT2D eigenvalue weighted by atomic mass is 35.5. The summed E-state index contributed by atoms with van der Waals surface area (Å²) in [5, 5.41) is 8.85. The van der Waals surface area contributed by atoms with Crippen molar-refractivity contribution in [2.24, 2.45) is 0 Å². The molecule has 0 bridgehead atoms. The summed E-state index contributed by atoms with van der Waals surface area (Å²) in [6, 6.07) is 10.6. The third-order valence-corrected chi connectivity index (χ3v) is 6.32. The quantitative estimate of drug-likeness (QED) is 0.567. The van der Waals surface area contributed by atoms with Crippen molar-refractivity contribution in [2.45, 2.75) is 19.3 Å². The number of rotatable bonds is 3. The predicted molar refractivity (Wildman–Crippen MR) is 117 cm³/mol. The molecule has 34 heavy (non-hydrogen) atoms. The Morgan fingerprint density at radius 1 is 0.941 bits per heavy atom. The van der Waals surface area contributed by atoms with Crippen LogP contribution in [0.2, 0.25) is 5.02 Å². The van der Waals surface area contributed by atoms with Gasteiger partial charge in [0.15, 0.2) is 5.69 Å². The van der Waals surface area contributed by atoms with Crippen LogP contribution >= 0.6 is 11.6 Å². The van der Waals surface area contributed by atoms with E-state index >= 15 is 0 Å². The van der Waals surface area contributed by atoms with Gasteiger partial charge < -0.3 is 14.5 Å². The lowest BCUT2D eigenvalue weighted by atomic mass is 10.1. The number of hydrogen-bond donors (Lipinski definition) is 0. The lowest BCUT2D eigenvalue weighted by Crippen LogP contribution is -2.51. The number of ether oxygens (including phenoxy) is 1. The van der Waals surface area contributed by atoms with E-state index in [9.17, 15) is 18.4 Å². The van der Waals surface area contributed by atoms with Gasteiger partial charge in [-0.3, -0.25) is 9.59 Å². The van der Waals surface area contributed by atoms with E-state index in [0.717, 1.165) is 17.7 Å². The fourth-order valence-corrected chi connectivity index (χ4v) is 4.31. The Labute approximate surface area is 198 Å². The van der Waals surface area contributed by atoms with Crippen LogP contribution in [-0.2, 0) is 17.9 Å². The smallest absolute Gasteiger partial charge is 0.276 e. The summed E-state index contributed by atoms with van der Waals surface area (Å²) in [7, 11) is 0. The molecule has 2 aliphatic rings. The molecular weight excluding hydrogens is 468 g/mol. The molecule has 11 heteroatoms. The number of piperazine rings is 1. The van der Waals surface area contributed by atoms with Crippen molar-refractivity contribution in [3.8, 4) is 0 Å². The van der Waals surface area contributed by atoms with E-state index in [1.165, 1.54) is 11.0 Å². The van der Waals surface area contributed by atoms with Crippen molar-refractivity contribution in [2.75, 3.05) is 26.2 Å². The van der Waals surface area contributed by atoms with Crippen LogP contribution in [0.3, 0.4) is 0 Å². The Morgan fingerprint density at radius 2 is 1.56 bits per heavy atom. The molecule has 1 atom stereocenters. The van der Waals surface area contributed by atoms with Crippen LogP contribution in [-0.4, -0.2) is 62.8 Å². The molecule has 176 valence electrons. The lowest BCUT2D eigenvalue weighted by molar-refractivity contribution is -0.00202. The molecule has 1 fully saturated rings. The summed E-state index contributed by atoms with van der Waals surface area (Å²) in [6.07, 6.45) is -0.234. The Bertz CT molecular complexity index is 1220. The Morgan fingerprint density at radius 3 is 2.21 bits per heavy atom. The van der Waals surface area contributed by atoms with Crippen LogP contribution in [0.1, 0.15) is 38.2 Å². The average Bonchev–Trinajstić information content (AvgIpc) is 3.27. The Kier molecular flexibility index (Phi) is 6.01. The number of benzene rings is 2. The number of amides is 2. The summed E-state index contributed by atoms with van der Waals surface area (Å²) in [4.78, 5) is 28.6. The molecule has 2 aliphatic heterocycles. The highest BCUT2D eigenvalue weighted by Gasteiger charge is 2.33. The number of hydrogen-bond acceptors (Lipinski definition) is 5. The van der Waals surface area contributed by atoms with E-state index in [1.807, 2.05) is 12.1 Å². The molecule has 2 amide bonds. The molecule has 0 radical (unpaired) electrons. The summed E-state index contributed by atoms with van der Waals surface area (Å²) in [5.74, 6) is -2.86. The van der Waals surface area contributed by atoms with E-state index in [2.05, 4.69) is 10.3 Å². The molecule has 1 saturated heterocycles. The van der Waals surface area contributed by atoms with E-state index < -0.39 is 23.1 Å². The first-order valence-corrected chi connectivity index (χ1v) is 11.1. The summed E-state index contributed by atoms with van der Waals surface area (Å²) in [5.41, 5.74) is 1.16. The molecule has 0 aliphatic carbocycles. The topological polar surface area (TPSA) is 80.6 Å². The van der Waals surface area contributed by atoms with E-state index in [4.69, 9.17) is 16.3 Å². The van der Waals surface area contributed by atoms with Crippen LogP contribution in [0, 0.1) is 11.6 Å². The van der Waals surface area contributed by atoms with Crippen LogP contribution in [0.4, 0.5) is 8.78 Å². The minimum atomic E-state index is -0.906. The number of aromatic nitrogens is 3. The van der Waals surface area contributed by atoms with Crippen molar-refractivity contribution in [1.82, 2.24) is 24.8 Å². The molecule has 2 aromatic carbocycles. The first-order chi connectivity index (χ1) is 16.4. The summed E-state index contributed by atoms with van der Waals surface area (Å²) >= 11 is 5.95. The van der Waals surface area contributed by atoms with E-state index in [-0.39, 0.29) is 50.5 Å². The highest BCUT2D eigenvalue weighted by molar-refractivity contribution is 6.30. The van der Waals surface area contributed by atoms with Gasteiger partial charge in [0.2, 0.25) is 0 Å². The van der Waals surface area contributed by atoms with Crippen molar-refractivity contribution < 1.29 is 23.1 Å². The molecule has 0 saturated carbocycles. The minimum absolute atomic E-state index is 0.150. The second kappa shape index (κ2) is 9.11. The van der Waals surface area contributed by atoms with Crippen LogP contribution < -0.4 is 0 Å². The Hall–Kier alpha value is -3.37. The molecule has 1 unspecified atom stereocenters. The molecule has 5 rings (SSSR count). The van der Waals surface area contributed by atoms with Gasteiger partial charge in [0.05, 0.1) is 18.8 Å². The van der Waals surface area contributed by atoms with Crippen LogP contribution in [0.25, 0.3) is 0 Å². The number of halogens is 3. The maximum Gasteiger partial charge on any atom is 0.276 e. The van der Waals surface area contributed by atoms with Gasteiger partial charge in [-0.2, -0.15) is 0 Å². The maximum atomic E-state index is 14.0. The van der Waals surface area contributed by atoms with Gasteiger partial charge in [-0.15, -0.1) is 5.10 Å². The molecule has 8 nitrogen and oxygen atoms in total. The fourth-order valence-electron chi connectivity index (χ4n) is 4.18. The zero-order valence-corrected chi connectivity index (χ0v) is 18.7. The normalized spacial score (nSPS) is 18.0. The number of nitrogens with zero attached hydrogens (tertiary/aromatic N) is 5. The fraction of sp³-hybridized carbons (Fsp3) is 0.304. The van der Waals surface area contributed by atoms with Gasteiger partial charge in [0, 0.05) is 31.2 Å². The standard InChI is InChI=1S/C23H20ClF2N5O3/c24-15-6-4-14(5-7-15)19-12-31-18(13-34-19)21(27-28-31)23(33)30-10-8-29(9-11-30)22(32)20-16(25)2-1-3-17(20)26/h1-7,19H,8-13H2. The third-order valence-electron chi connectivity index (χ3n) is 6.07. The Balaban J connectivity index is 1.24. The zero-order chi connectivity index (χ0) is 23.8. The second-order valence-electron chi connectivity index (χ2n) is 8.10. The molecule has 3 aromatic rings. The largest absolute Gasteiger partial charge is 0.365 e. The highest BCUT2D eigenvalue weighted by Crippen LogP contribution is 2.28. The lowest BCUT2D eigenvalue weighted by Gasteiger charge is -2.34. The number of carbonyl (C=O) groups excluding carboxylic acids is 2. The van der Waals surface area contributed by atoms with Gasteiger partial charge in [-0.05, 0) is 29.8 Å². The molecule has 3 heterocycles. The van der Waals surface area contributed by atoms with Crippen molar-refractivity contribution in [3.05, 3.63) is 81.6 Å². The van der Waals surface area contributed by atoms with Gasteiger partial charge in [0.25, 0.3) is 11.8 Å². The van der Waals surface area contributed by atoms with Crippen molar-refractivity contribution in [1.29, 1.82) is 0 Å². The molecule has 0 spiro atoms. The average molecular weight is 488 g/mol. The van der Waals surface area contributed by atoms with Crippen molar-refractivity contribution >= 4 is 23.4 Å². The SMILES string of the molecule is O=C(c1nnn2c1COC(c1ccc(Cl)cc1)C2)N1CCN(C(=O)c2c(F)cccc2F)CC1. The molecular formula is C23H20ClF2N5O3.